The molecule has 0 saturated heterocycles. The number of ether oxygens (including phenoxy) is 2. The van der Waals surface area contributed by atoms with Crippen LogP contribution in [0.25, 0.3) is 11.0 Å². The highest BCUT2D eigenvalue weighted by Crippen LogP contribution is 2.24. The van der Waals surface area contributed by atoms with Crippen LogP contribution < -0.4 is 0 Å². The van der Waals surface area contributed by atoms with Crippen LogP contribution in [0, 0.1) is 6.92 Å². The van der Waals surface area contributed by atoms with E-state index in [0.717, 1.165) is 16.9 Å². The van der Waals surface area contributed by atoms with Crippen LogP contribution in [0.4, 0.5) is 0 Å². The van der Waals surface area contributed by atoms with E-state index in [-0.39, 0.29) is 0 Å². The minimum Gasteiger partial charge on any atom is -0.346 e. The van der Waals surface area contributed by atoms with Crippen molar-refractivity contribution in [2.75, 3.05) is 13.2 Å². The number of hydrogen-bond donors (Lipinski definition) is 0. The van der Waals surface area contributed by atoms with E-state index in [0.29, 0.717) is 13.2 Å². The first kappa shape index (κ1) is 13.1. The van der Waals surface area contributed by atoms with E-state index in [1.807, 2.05) is 33.0 Å². The van der Waals surface area contributed by atoms with Crippen LogP contribution in [0.3, 0.4) is 0 Å². The summed E-state index contributed by atoms with van der Waals surface area (Å²) in [6, 6.07) is 6.12. The molecule has 18 heavy (non-hydrogen) atoms. The maximum Gasteiger partial charge on any atom is 0.217 e. The minimum absolute atomic E-state index is 0.392. The van der Waals surface area contributed by atoms with Gasteiger partial charge >= 0.3 is 0 Å². The molecule has 0 radical (unpaired) electrons. The van der Waals surface area contributed by atoms with Crippen LogP contribution in [-0.2, 0) is 16.5 Å². The molecule has 0 spiro atoms. The predicted molar refractivity (Wildman–Crippen MR) is 71.4 cm³/mol. The predicted octanol–water partition coefficient (Wildman–Crippen LogP) is 2.95. The van der Waals surface area contributed by atoms with Crippen molar-refractivity contribution in [3.8, 4) is 0 Å². The second-order valence-electron chi connectivity index (χ2n) is 4.21. The Hall–Kier alpha value is -1.39. The Kier molecular flexibility index (Phi) is 3.99. The minimum atomic E-state index is -0.392. The Morgan fingerprint density at radius 1 is 1.22 bits per heavy atom. The highest BCUT2D eigenvalue weighted by molar-refractivity contribution is 5.79. The van der Waals surface area contributed by atoms with E-state index in [4.69, 9.17) is 9.47 Å². The average molecular weight is 248 g/mol. The van der Waals surface area contributed by atoms with Crippen LogP contribution >= 0.6 is 0 Å². The SMILES string of the molecule is CCOC(OCC)c1nc2cccc(C)c2n1C. The lowest BCUT2D eigenvalue weighted by Gasteiger charge is -2.16. The third-order valence-corrected chi connectivity index (χ3v) is 2.98. The van der Waals surface area contributed by atoms with Gasteiger partial charge in [-0.2, -0.15) is 0 Å². The Morgan fingerprint density at radius 2 is 1.89 bits per heavy atom. The van der Waals surface area contributed by atoms with Crippen molar-refractivity contribution < 1.29 is 9.47 Å². The standard InChI is InChI=1S/C14H20N2O2/c1-5-17-14(18-6-2)13-15-11-9-7-8-10(3)12(11)16(13)4/h7-9,14H,5-6H2,1-4H3. The van der Waals surface area contributed by atoms with Gasteiger partial charge in [-0.05, 0) is 32.4 Å². The molecule has 1 aromatic heterocycles. The van der Waals surface area contributed by atoms with Gasteiger partial charge in [-0.3, -0.25) is 0 Å². The molecule has 0 aliphatic heterocycles. The molecule has 0 bridgehead atoms. The van der Waals surface area contributed by atoms with Gasteiger partial charge in [0.2, 0.25) is 6.29 Å². The quantitative estimate of drug-likeness (QED) is 0.763. The molecule has 4 heteroatoms. The fraction of sp³-hybridized carbons (Fsp3) is 0.500. The molecule has 2 aromatic rings. The van der Waals surface area contributed by atoms with E-state index in [2.05, 4.69) is 22.5 Å². The molecule has 0 fully saturated rings. The first-order chi connectivity index (χ1) is 8.69. The Morgan fingerprint density at radius 3 is 2.44 bits per heavy atom. The van der Waals surface area contributed by atoms with Gasteiger partial charge in [0.05, 0.1) is 11.0 Å². The molecule has 2 rings (SSSR count). The summed E-state index contributed by atoms with van der Waals surface area (Å²) in [5.41, 5.74) is 3.33. The van der Waals surface area contributed by atoms with Gasteiger partial charge in [0.25, 0.3) is 0 Å². The number of hydrogen-bond acceptors (Lipinski definition) is 3. The van der Waals surface area contributed by atoms with Gasteiger partial charge in [-0.15, -0.1) is 0 Å². The van der Waals surface area contributed by atoms with Crippen molar-refractivity contribution in [1.82, 2.24) is 9.55 Å². The summed E-state index contributed by atoms with van der Waals surface area (Å²) in [7, 11) is 2.00. The van der Waals surface area contributed by atoms with E-state index in [9.17, 15) is 0 Å². The maximum absolute atomic E-state index is 5.61. The summed E-state index contributed by atoms with van der Waals surface area (Å²) >= 11 is 0. The number of aromatic nitrogens is 2. The number of aryl methyl sites for hydroxylation is 2. The molecule has 4 nitrogen and oxygen atoms in total. The largest absolute Gasteiger partial charge is 0.346 e. The van der Waals surface area contributed by atoms with Gasteiger partial charge in [0.1, 0.15) is 0 Å². The monoisotopic (exact) mass is 248 g/mol. The van der Waals surface area contributed by atoms with E-state index < -0.39 is 6.29 Å². The van der Waals surface area contributed by atoms with Gasteiger partial charge < -0.3 is 14.0 Å². The topological polar surface area (TPSA) is 36.3 Å². The highest BCUT2D eigenvalue weighted by atomic mass is 16.7. The molecule has 0 N–H and O–H groups in total. The number of imidazole rings is 1. The van der Waals surface area contributed by atoms with Gasteiger partial charge in [-0.1, -0.05) is 12.1 Å². The fourth-order valence-corrected chi connectivity index (χ4v) is 2.19. The van der Waals surface area contributed by atoms with Gasteiger partial charge in [0, 0.05) is 20.3 Å². The fourth-order valence-electron chi connectivity index (χ4n) is 2.19. The highest BCUT2D eigenvalue weighted by Gasteiger charge is 2.19. The Balaban J connectivity index is 2.49. The molecule has 0 unspecified atom stereocenters. The molecular formula is C14H20N2O2. The molecule has 0 atom stereocenters. The van der Waals surface area contributed by atoms with Crippen LogP contribution in [0.2, 0.25) is 0 Å². The zero-order chi connectivity index (χ0) is 13.1. The van der Waals surface area contributed by atoms with Crippen molar-refractivity contribution in [3.63, 3.8) is 0 Å². The van der Waals surface area contributed by atoms with E-state index >= 15 is 0 Å². The Bertz CT molecular complexity index is 528. The third-order valence-electron chi connectivity index (χ3n) is 2.98. The maximum atomic E-state index is 5.61. The zero-order valence-corrected chi connectivity index (χ0v) is 11.4. The van der Waals surface area contributed by atoms with E-state index in [1.54, 1.807) is 0 Å². The third kappa shape index (κ3) is 2.26. The smallest absolute Gasteiger partial charge is 0.217 e. The van der Waals surface area contributed by atoms with Crippen molar-refractivity contribution in [2.45, 2.75) is 27.1 Å². The molecule has 0 aliphatic rings. The van der Waals surface area contributed by atoms with Crippen LogP contribution in [0.5, 0.6) is 0 Å². The summed E-state index contributed by atoms with van der Waals surface area (Å²) < 4.78 is 13.3. The number of fused-ring (bicyclic) bond motifs is 1. The number of rotatable bonds is 5. The van der Waals surface area contributed by atoms with Crippen LogP contribution in [0.1, 0.15) is 31.5 Å². The lowest BCUT2D eigenvalue weighted by molar-refractivity contribution is -0.146. The van der Waals surface area contributed by atoms with Crippen molar-refractivity contribution in [2.24, 2.45) is 7.05 Å². The molecule has 1 aromatic carbocycles. The number of para-hydroxylation sites is 1. The molecular weight excluding hydrogens is 228 g/mol. The van der Waals surface area contributed by atoms with Crippen molar-refractivity contribution in [1.29, 1.82) is 0 Å². The summed E-state index contributed by atoms with van der Waals surface area (Å²) in [6.45, 7) is 7.21. The molecule has 0 aliphatic carbocycles. The zero-order valence-electron chi connectivity index (χ0n) is 11.4. The van der Waals surface area contributed by atoms with Crippen molar-refractivity contribution in [3.05, 3.63) is 29.6 Å². The number of nitrogens with zero attached hydrogens (tertiary/aromatic N) is 2. The van der Waals surface area contributed by atoms with Gasteiger partial charge in [-0.25, -0.2) is 4.98 Å². The average Bonchev–Trinajstić information content (AvgIpc) is 2.68. The summed E-state index contributed by atoms with van der Waals surface area (Å²) in [4.78, 5) is 4.62. The van der Waals surface area contributed by atoms with Gasteiger partial charge in [0.15, 0.2) is 5.82 Å². The summed E-state index contributed by atoms with van der Waals surface area (Å²) in [6.07, 6.45) is -0.392. The summed E-state index contributed by atoms with van der Waals surface area (Å²) in [5.74, 6) is 0.822. The molecule has 98 valence electrons. The first-order valence-electron chi connectivity index (χ1n) is 6.34. The normalized spacial score (nSPS) is 11.6. The lowest BCUT2D eigenvalue weighted by Crippen LogP contribution is -2.13. The van der Waals surface area contributed by atoms with Crippen LogP contribution in [-0.4, -0.2) is 22.8 Å². The Labute approximate surface area is 108 Å². The van der Waals surface area contributed by atoms with E-state index in [1.165, 1.54) is 5.56 Å². The van der Waals surface area contributed by atoms with Crippen LogP contribution in [0.15, 0.2) is 18.2 Å². The lowest BCUT2D eigenvalue weighted by atomic mass is 10.2. The van der Waals surface area contributed by atoms with Crippen molar-refractivity contribution >= 4 is 11.0 Å². The summed E-state index contributed by atoms with van der Waals surface area (Å²) in [5, 5.41) is 0. The second kappa shape index (κ2) is 5.50. The molecule has 0 amide bonds. The molecule has 1 heterocycles. The second-order valence-corrected chi connectivity index (χ2v) is 4.21. The number of benzene rings is 1. The first-order valence-corrected chi connectivity index (χ1v) is 6.34. The molecule has 0 saturated carbocycles.